The molecule has 106 valence electrons. The summed E-state index contributed by atoms with van der Waals surface area (Å²) in [6.45, 7) is 9.61. The highest BCUT2D eigenvalue weighted by Crippen LogP contribution is 2.28. The molecule has 1 nitrogen and oxygen atoms in total. The molecule has 0 aromatic heterocycles. The Balaban J connectivity index is 1.98. The molecule has 2 aromatic carbocycles. The molecule has 0 amide bonds. The quantitative estimate of drug-likeness (QED) is 0.845. The first-order valence-corrected chi connectivity index (χ1v) is 7.82. The molecule has 2 heteroatoms. The van der Waals surface area contributed by atoms with Gasteiger partial charge in [-0.25, -0.2) is 0 Å². The minimum Gasteiger partial charge on any atom is -0.308 e. The van der Waals surface area contributed by atoms with Crippen LogP contribution in [0.15, 0.2) is 58.3 Å². The fraction of sp³-hybridized carbons (Fsp3) is 0.333. The Morgan fingerprint density at radius 2 is 1.65 bits per heavy atom. The maximum absolute atomic E-state index is 3.51. The summed E-state index contributed by atoms with van der Waals surface area (Å²) in [5.41, 5.74) is 2.80. The lowest BCUT2D eigenvalue weighted by atomic mass is 10.1. The molecule has 0 saturated carbocycles. The van der Waals surface area contributed by atoms with Gasteiger partial charge < -0.3 is 5.32 Å². The molecular formula is C18H23NS. The van der Waals surface area contributed by atoms with Crippen LogP contribution in [0, 0.1) is 6.92 Å². The molecule has 0 radical (unpaired) electrons. The van der Waals surface area contributed by atoms with Crippen LogP contribution in [0.4, 0.5) is 0 Å². The molecule has 0 atom stereocenters. The summed E-state index contributed by atoms with van der Waals surface area (Å²) in [7, 11) is 0. The van der Waals surface area contributed by atoms with E-state index in [1.54, 1.807) is 0 Å². The van der Waals surface area contributed by atoms with E-state index in [-0.39, 0.29) is 5.54 Å². The third-order valence-electron chi connectivity index (χ3n) is 2.97. The van der Waals surface area contributed by atoms with Crippen LogP contribution in [0.2, 0.25) is 0 Å². The minimum atomic E-state index is 0.162. The molecule has 2 rings (SSSR count). The Bertz CT molecular complexity index is 552. The standard InChI is InChI=1S/C18H23NS/c1-14-6-5-7-17(12-14)20-16-10-8-15(9-11-16)13-19-18(2,3)4/h5-12,19H,13H2,1-4H3. The van der Waals surface area contributed by atoms with Crippen LogP contribution >= 0.6 is 11.8 Å². The maximum atomic E-state index is 3.51. The van der Waals surface area contributed by atoms with E-state index in [0.717, 1.165) is 6.54 Å². The monoisotopic (exact) mass is 285 g/mol. The predicted octanol–water partition coefficient (Wildman–Crippen LogP) is 5.03. The van der Waals surface area contributed by atoms with Gasteiger partial charge in [-0.05, 0) is 57.5 Å². The molecule has 0 heterocycles. The Morgan fingerprint density at radius 1 is 0.950 bits per heavy atom. The summed E-state index contributed by atoms with van der Waals surface area (Å²) in [4.78, 5) is 2.58. The van der Waals surface area contributed by atoms with E-state index in [1.807, 2.05) is 11.8 Å². The number of hydrogen-bond donors (Lipinski definition) is 1. The van der Waals surface area contributed by atoms with E-state index in [2.05, 4.69) is 81.5 Å². The minimum absolute atomic E-state index is 0.162. The van der Waals surface area contributed by atoms with Gasteiger partial charge in [-0.15, -0.1) is 0 Å². The molecular weight excluding hydrogens is 262 g/mol. The third kappa shape index (κ3) is 5.03. The van der Waals surface area contributed by atoms with Crippen molar-refractivity contribution in [2.75, 3.05) is 0 Å². The second-order valence-electron chi connectivity index (χ2n) is 6.17. The zero-order chi connectivity index (χ0) is 14.6. The van der Waals surface area contributed by atoms with E-state index in [1.165, 1.54) is 20.9 Å². The number of benzene rings is 2. The Hall–Kier alpha value is -1.25. The van der Waals surface area contributed by atoms with Gasteiger partial charge in [-0.2, -0.15) is 0 Å². The second kappa shape index (κ2) is 6.47. The molecule has 0 unspecified atom stereocenters. The zero-order valence-electron chi connectivity index (χ0n) is 12.7. The van der Waals surface area contributed by atoms with Gasteiger partial charge in [0, 0.05) is 21.9 Å². The Kier molecular flexibility index (Phi) is 4.90. The maximum Gasteiger partial charge on any atom is 0.0210 e. The lowest BCUT2D eigenvalue weighted by Crippen LogP contribution is -2.35. The fourth-order valence-electron chi connectivity index (χ4n) is 1.86. The SMILES string of the molecule is Cc1cccc(Sc2ccc(CNC(C)(C)C)cc2)c1. The van der Waals surface area contributed by atoms with Crippen LogP contribution in [-0.4, -0.2) is 5.54 Å². The first-order valence-electron chi connectivity index (χ1n) is 7.01. The molecule has 2 aromatic rings. The topological polar surface area (TPSA) is 12.0 Å². The lowest BCUT2D eigenvalue weighted by Gasteiger charge is -2.20. The van der Waals surface area contributed by atoms with Gasteiger partial charge in [0.1, 0.15) is 0 Å². The number of hydrogen-bond acceptors (Lipinski definition) is 2. The summed E-state index contributed by atoms with van der Waals surface area (Å²) >= 11 is 1.81. The van der Waals surface area contributed by atoms with Gasteiger partial charge in [-0.3, -0.25) is 0 Å². The first-order chi connectivity index (χ1) is 9.42. The largest absolute Gasteiger partial charge is 0.308 e. The van der Waals surface area contributed by atoms with Crippen molar-refractivity contribution in [3.63, 3.8) is 0 Å². The van der Waals surface area contributed by atoms with Crippen LogP contribution < -0.4 is 5.32 Å². The van der Waals surface area contributed by atoms with Gasteiger partial charge >= 0.3 is 0 Å². The Morgan fingerprint density at radius 3 is 2.25 bits per heavy atom. The van der Waals surface area contributed by atoms with Crippen LogP contribution in [0.1, 0.15) is 31.9 Å². The third-order valence-corrected chi connectivity index (χ3v) is 3.97. The predicted molar refractivity (Wildman–Crippen MR) is 88.3 cm³/mol. The molecule has 20 heavy (non-hydrogen) atoms. The van der Waals surface area contributed by atoms with Crippen LogP contribution in [-0.2, 0) is 6.54 Å². The van der Waals surface area contributed by atoms with Crippen molar-refractivity contribution in [3.8, 4) is 0 Å². The molecule has 0 aliphatic rings. The lowest BCUT2D eigenvalue weighted by molar-refractivity contribution is 0.424. The van der Waals surface area contributed by atoms with E-state index < -0.39 is 0 Å². The molecule has 0 bridgehead atoms. The smallest absolute Gasteiger partial charge is 0.0210 e. The Labute approximate surface area is 126 Å². The van der Waals surface area contributed by atoms with Crippen LogP contribution in [0.5, 0.6) is 0 Å². The summed E-state index contributed by atoms with van der Waals surface area (Å²) in [6, 6.07) is 17.4. The molecule has 0 saturated heterocycles. The van der Waals surface area contributed by atoms with Gasteiger partial charge in [0.05, 0.1) is 0 Å². The highest BCUT2D eigenvalue weighted by molar-refractivity contribution is 7.99. The second-order valence-corrected chi connectivity index (χ2v) is 7.31. The van der Waals surface area contributed by atoms with Gasteiger partial charge in [0.15, 0.2) is 0 Å². The molecule has 0 spiro atoms. The molecule has 0 aliphatic heterocycles. The highest BCUT2D eigenvalue weighted by Gasteiger charge is 2.08. The summed E-state index contributed by atoms with van der Waals surface area (Å²) in [5.74, 6) is 0. The molecule has 1 N–H and O–H groups in total. The van der Waals surface area contributed by atoms with Crippen molar-refractivity contribution >= 4 is 11.8 Å². The highest BCUT2D eigenvalue weighted by atomic mass is 32.2. The average molecular weight is 285 g/mol. The number of aryl methyl sites for hydroxylation is 1. The number of rotatable bonds is 4. The summed E-state index contributed by atoms with van der Waals surface area (Å²) in [6.07, 6.45) is 0. The van der Waals surface area contributed by atoms with E-state index in [9.17, 15) is 0 Å². The van der Waals surface area contributed by atoms with E-state index >= 15 is 0 Å². The summed E-state index contributed by atoms with van der Waals surface area (Å²) in [5, 5.41) is 3.51. The van der Waals surface area contributed by atoms with Gasteiger partial charge in [-0.1, -0.05) is 41.6 Å². The van der Waals surface area contributed by atoms with Crippen molar-refractivity contribution < 1.29 is 0 Å². The van der Waals surface area contributed by atoms with Crippen molar-refractivity contribution in [1.82, 2.24) is 5.32 Å². The van der Waals surface area contributed by atoms with Crippen LogP contribution in [0.25, 0.3) is 0 Å². The fourth-order valence-corrected chi connectivity index (χ4v) is 2.79. The number of nitrogens with one attached hydrogen (secondary N) is 1. The average Bonchev–Trinajstić information content (AvgIpc) is 2.37. The normalized spacial score (nSPS) is 11.6. The van der Waals surface area contributed by atoms with Crippen molar-refractivity contribution in [1.29, 1.82) is 0 Å². The molecule has 0 aliphatic carbocycles. The van der Waals surface area contributed by atoms with E-state index in [4.69, 9.17) is 0 Å². The zero-order valence-corrected chi connectivity index (χ0v) is 13.6. The van der Waals surface area contributed by atoms with Crippen LogP contribution in [0.3, 0.4) is 0 Å². The van der Waals surface area contributed by atoms with Gasteiger partial charge in [0.25, 0.3) is 0 Å². The van der Waals surface area contributed by atoms with Gasteiger partial charge in [0.2, 0.25) is 0 Å². The first kappa shape index (κ1) is 15.1. The van der Waals surface area contributed by atoms with Crippen molar-refractivity contribution in [2.45, 2.75) is 49.6 Å². The van der Waals surface area contributed by atoms with E-state index in [0.29, 0.717) is 0 Å². The van der Waals surface area contributed by atoms with Crippen molar-refractivity contribution in [3.05, 3.63) is 59.7 Å². The van der Waals surface area contributed by atoms with Crippen molar-refractivity contribution in [2.24, 2.45) is 0 Å². The molecule has 0 fully saturated rings. The summed E-state index contributed by atoms with van der Waals surface area (Å²) < 4.78 is 0.